The first-order chi connectivity index (χ1) is 7.38. The summed E-state index contributed by atoms with van der Waals surface area (Å²) in [5.41, 5.74) is 6.44. The molecule has 0 atom stereocenters. The molecule has 0 fully saturated rings. The zero-order valence-corrected chi connectivity index (χ0v) is 8.95. The molecule has 0 spiro atoms. The summed E-state index contributed by atoms with van der Waals surface area (Å²) >= 11 is 1.61. The molecule has 0 saturated heterocycles. The lowest BCUT2D eigenvalue weighted by molar-refractivity contribution is 0.942. The third kappa shape index (κ3) is 2.78. The number of hydrogen-bond acceptors (Lipinski definition) is 4. The zero-order chi connectivity index (χ0) is 10.5. The van der Waals surface area contributed by atoms with Crippen molar-refractivity contribution < 1.29 is 0 Å². The Bertz CT molecular complexity index is 431. The van der Waals surface area contributed by atoms with Gasteiger partial charge in [0.1, 0.15) is 5.03 Å². The minimum absolute atomic E-state index is 0.477. The maximum absolute atomic E-state index is 5.53. The van der Waals surface area contributed by atoms with Crippen molar-refractivity contribution in [1.29, 1.82) is 0 Å². The van der Waals surface area contributed by atoms with Crippen molar-refractivity contribution in [3.05, 3.63) is 48.4 Å². The lowest BCUT2D eigenvalue weighted by Crippen LogP contribution is -1.99. The molecule has 0 aliphatic carbocycles. The van der Waals surface area contributed by atoms with Crippen LogP contribution in [0.25, 0.3) is 0 Å². The third-order valence-electron chi connectivity index (χ3n) is 1.86. The maximum atomic E-state index is 5.53. The number of aromatic nitrogens is 2. The van der Waals surface area contributed by atoms with Gasteiger partial charge in [-0.2, -0.15) is 0 Å². The quantitative estimate of drug-likeness (QED) is 0.855. The summed E-state index contributed by atoms with van der Waals surface area (Å²) in [6, 6.07) is 9.79. The van der Waals surface area contributed by atoms with Crippen LogP contribution in [0.2, 0.25) is 0 Å². The van der Waals surface area contributed by atoms with Crippen molar-refractivity contribution in [2.75, 3.05) is 0 Å². The minimum atomic E-state index is 0.477. The Morgan fingerprint density at radius 2 is 1.93 bits per heavy atom. The van der Waals surface area contributed by atoms with Gasteiger partial charge in [-0.15, -0.1) is 0 Å². The van der Waals surface area contributed by atoms with Crippen molar-refractivity contribution in [3.8, 4) is 0 Å². The van der Waals surface area contributed by atoms with Crippen molar-refractivity contribution in [1.82, 2.24) is 9.97 Å². The SMILES string of the molecule is NCc1cccc(Sc2ccncc2)n1. The molecule has 0 radical (unpaired) electrons. The third-order valence-corrected chi connectivity index (χ3v) is 2.81. The summed E-state index contributed by atoms with van der Waals surface area (Å²) in [4.78, 5) is 9.50. The van der Waals surface area contributed by atoms with Crippen LogP contribution in [0.3, 0.4) is 0 Å². The topological polar surface area (TPSA) is 51.8 Å². The standard InChI is InChI=1S/C11H11N3S/c12-8-9-2-1-3-11(14-9)15-10-4-6-13-7-5-10/h1-7H,8,12H2. The second kappa shape index (κ2) is 4.91. The van der Waals surface area contributed by atoms with Crippen molar-refractivity contribution in [2.24, 2.45) is 5.73 Å². The molecule has 4 heteroatoms. The number of nitrogens with two attached hydrogens (primary N) is 1. The summed E-state index contributed by atoms with van der Waals surface area (Å²) in [6.07, 6.45) is 3.55. The normalized spacial score (nSPS) is 10.2. The molecule has 0 aliphatic rings. The Morgan fingerprint density at radius 3 is 2.67 bits per heavy atom. The molecular weight excluding hydrogens is 206 g/mol. The molecule has 0 amide bonds. The maximum Gasteiger partial charge on any atom is 0.101 e. The lowest BCUT2D eigenvalue weighted by Gasteiger charge is -2.01. The van der Waals surface area contributed by atoms with Crippen LogP contribution in [-0.2, 0) is 6.54 Å². The first-order valence-corrected chi connectivity index (χ1v) is 5.44. The molecule has 0 saturated carbocycles. The number of rotatable bonds is 3. The van der Waals surface area contributed by atoms with Gasteiger partial charge in [0, 0.05) is 23.8 Å². The van der Waals surface area contributed by atoms with Crippen LogP contribution in [0.15, 0.2) is 52.6 Å². The van der Waals surface area contributed by atoms with Crippen molar-refractivity contribution in [3.63, 3.8) is 0 Å². The summed E-state index contributed by atoms with van der Waals surface area (Å²) in [5.74, 6) is 0. The second-order valence-electron chi connectivity index (χ2n) is 2.96. The first kappa shape index (κ1) is 10.1. The molecule has 2 aromatic rings. The fourth-order valence-electron chi connectivity index (χ4n) is 1.16. The second-order valence-corrected chi connectivity index (χ2v) is 4.05. The first-order valence-electron chi connectivity index (χ1n) is 4.62. The Balaban J connectivity index is 2.17. The highest BCUT2D eigenvalue weighted by Gasteiger charge is 1.98. The van der Waals surface area contributed by atoms with Crippen molar-refractivity contribution in [2.45, 2.75) is 16.5 Å². The Hall–Kier alpha value is -1.39. The van der Waals surface area contributed by atoms with Gasteiger partial charge < -0.3 is 5.73 Å². The van der Waals surface area contributed by atoms with E-state index in [9.17, 15) is 0 Å². The van der Waals surface area contributed by atoms with Gasteiger partial charge in [0.05, 0.1) is 5.69 Å². The highest BCUT2D eigenvalue weighted by atomic mass is 32.2. The van der Waals surface area contributed by atoms with Crippen LogP contribution in [0.4, 0.5) is 0 Å². The Kier molecular flexibility index (Phi) is 3.32. The monoisotopic (exact) mass is 217 g/mol. The average Bonchev–Trinajstić information content (AvgIpc) is 2.31. The van der Waals surface area contributed by atoms with Gasteiger partial charge in [0.2, 0.25) is 0 Å². The van der Waals surface area contributed by atoms with E-state index in [1.807, 2.05) is 30.3 Å². The van der Waals surface area contributed by atoms with E-state index in [-0.39, 0.29) is 0 Å². The van der Waals surface area contributed by atoms with Gasteiger partial charge in [-0.25, -0.2) is 4.98 Å². The van der Waals surface area contributed by atoms with Crippen LogP contribution in [-0.4, -0.2) is 9.97 Å². The van der Waals surface area contributed by atoms with E-state index in [4.69, 9.17) is 5.73 Å². The van der Waals surface area contributed by atoms with Gasteiger partial charge in [-0.1, -0.05) is 17.8 Å². The van der Waals surface area contributed by atoms with Crippen LogP contribution in [0, 0.1) is 0 Å². The van der Waals surface area contributed by atoms with E-state index in [0.717, 1.165) is 15.6 Å². The molecule has 76 valence electrons. The molecule has 0 bridgehead atoms. The fourth-order valence-corrected chi connectivity index (χ4v) is 1.96. The zero-order valence-electron chi connectivity index (χ0n) is 8.13. The largest absolute Gasteiger partial charge is 0.325 e. The van der Waals surface area contributed by atoms with Gasteiger partial charge in [0.15, 0.2) is 0 Å². The molecule has 2 aromatic heterocycles. The average molecular weight is 217 g/mol. The molecule has 2 rings (SSSR count). The number of pyridine rings is 2. The lowest BCUT2D eigenvalue weighted by atomic mass is 10.4. The van der Waals surface area contributed by atoms with Gasteiger partial charge in [0.25, 0.3) is 0 Å². The number of hydrogen-bond donors (Lipinski definition) is 1. The Morgan fingerprint density at radius 1 is 1.13 bits per heavy atom. The summed E-state index contributed by atoms with van der Waals surface area (Å²) in [5, 5.41) is 0.962. The highest BCUT2D eigenvalue weighted by Crippen LogP contribution is 2.24. The van der Waals surface area contributed by atoms with Crippen LogP contribution in [0.1, 0.15) is 5.69 Å². The highest BCUT2D eigenvalue weighted by molar-refractivity contribution is 7.99. The smallest absolute Gasteiger partial charge is 0.101 e. The predicted octanol–water partition coefficient (Wildman–Crippen LogP) is 2.09. The molecule has 0 aromatic carbocycles. The molecule has 3 nitrogen and oxygen atoms in total. The van der Waals surface area contributed by atoms with E-state index in [2.05, 4.69) is 9.97 Å². The summed E-state index contributed by atoms with van der Waals surface area (Å²) < 4.78 is 0. The van der Waals surface area contributed by atoms with E-state index in [1.54, 1.807) is 24.2 Å². The molecular formula is C11H11N3S. The van der Waals surface area contributed by atoms with E-state index in [0.29, 0.717) is 6.54 Å². The summed E-state index contributed by atoms with van der Waals surface area (Å²) in [6.45, 7) is 0.477. The predicted molar refractivity (Wildman–Crippen MR) is 60.5 cm³/mol. The molecule has 0 unspecified atom stereocenters. The van der Waals surface area contributed by atoms with Crippen molar-refractivity contribution >= 4 is 11.8 Å². The van der Waals surface area contributed by atoms with Gasteiger partial charge in [-0.05, 0) is 24.3 Å². The minimum Gasteiger partial charge on any atom is -0.325 e. The van der Waals surface area contributed by atoms with Gasteiger partial charge >= 0.3 is 0 Å². The number of nitrogens with zero attached hydrogens (tertiary/aromatic N) is 2. The Labute approximate surface area is 92.8 Å². The van der Waals surface area contributed by atoms with E-state index < -0.39 is 0 Å². The molecule has 0 aliphatic heterocycles. The van der Waals surface area contributed by atoms with Crippen LogP contribution in [0.5, 0.6) is 0 Å². The van der Waals surface area contributed by atoms with Crippen LogP contribution < -0.4 is 5.73 Å². The molecule has 2 heterocycles. The van der Waals surface area contributed by atoms with Crippen LogP contribution >= 0.6 is 11.8 Å². The van der Waals surface area contributed by atoms with E-state index >= 15 is 0 Å². The summed E-state index contributed by atoms with van der Waals surface area (Å²) in [7, 11) is 0. The molecule has 2 N–H and O–H groups in total. The van der Waals surface area contributed by atoms with Gasteiger partial charge in [-0.3, -0.25) is 4.98 Å². The fraction of sp³-hybridized carbons (Fsp3) is 0.0909. The van der Waals surface area contributed by atoms with E-state index in [1.165, 1.54) is 0 Å². The molecule has 15 heavy (non-hydrogen) atoms.